The van der Waals surface area contributed by atoms with Crippen LogP contribution in [-0.2, 0) is 19.1 Å². The molecule has 1 fully saturated rings. The lowest BCUT2D eigenvalue weighted by atomic mass is 10.0. The molecule has 0 aromatic rings. The quantitative estimate of drug-likeness (QED) is 0.702. The maximum atomic E-state index is 12.0. The van der Waals surface area contributed by atoms with Gasteiger partial charge in [0, 0.05) is 6.54 Å². The Balaban J connectivity index is 0.00000361. The molecule has 1 aliphatic rings. The van der Waals surface area contributed by atoms with E-state index in [9.17, 15) is 9.59 Å². The van der Waals surface area contributed by atoms with Gasteiger partial charge in [-0.2, -0.15) is 0 Å². The van der Waals surface area contributed by atoms with E-state index in [1.807, 2.05) is 13.8 Å². The molecule has 3 atom stereocenters. The van der Waals surface area contributed by atoms with E-state index < -0.39 is 18.1 Å². The first-order valence-corrected chi connectivity index (χ1v) is 6.71. The van der Waals surface area contributed by atoms with Gasteiger partial charge in [0.05, 0.1) is 13.2 Å². The number of esters is 1. The summed E-state index contributed by atoms with van der Waals surface area (Å²) in [5.41, 5.74) is 5.50. The Bertz CT molecular complexity index is 325. The van der Waals surface area contributed by atoms with E-state index in [0.717, 1.165) is 6.42 Å². The van der Waals surface area contributed by atoms with Gasteiger partial charge in [-0.25, -0.2) is 4.79 Å². The molecule has 0 aliphatic carbocycles. The van der Waals surface area contributed by atoms with Gasteiger partial charge in [-0.05, 0) is 25.2 Å². The number of methoxy groups -OCH3 is 1. The summed E-state index contributed by atoms with van der Waals surface area (Å²) in [7, 11) is 1.32. The summed E-state index contributed by atoms with van der Waals surface area (Å²) < 4.78 is 10.2. The molecule has 7 heteroatoms. The van der Waals surface area contributed by atoms with Crippen LogP contribution in [-0.4, -0.2) is 43.8 Å². The van der Waals surface area contributed by atoms with Crippen molar-refractivity contribution in [3.8, 4) is 0 Å². The predicted molar refractivity (Wildman–Crippen MR) is 77.6 cm³/mol. The van der Waals surface area contributed by atoms with Gasteiger partial charge >= 0.3 is 5.97 Å². The van der Waals surface area contributed by atoms with Crippen LogP contribution in [0, 0.1) is 5.92 Å². The Hall–Kier alpha value is -0.850. The van der Waals surface area contributed by atoms with Gasteiger partial charge < -0.3 is 20.5 Å². The van der Waals surface area contributed by atoms with Crippen LogP contribution in [0.5, 0.6) is 0 Å². The Morgan fingerprint density at radius 2 is 2.05 bits per heavy atom. The van der Waals surface area contributed by atoms with Gasteiger partial charge in [0.15, 0.2) is 0 Å². The summed E-state index contributed by atoms with van der Waals surface area (Å²) in [6, 6.07) is -0.613. The molecule has 0 spiro atoms. The second kappa shape index (κ2) is 9.15. The molecule has 1 rings (SSSR count). The summed E-state index contributed by atoms with van der Waals surface area (Å²) >= 11 is 0. The van der Waals surface area contributed by atoms with Crippen LogP contribution in [0.1, 0.15) is 33.1 Å². The lowest BCUT2D eigenvalue weighted by molar-refractivity contribution is -0.147. The number of ether oxygens (including phenoxy) is 2. The molecule has 0 aromatic carbocycles. The fourth-order valence-corrected chi connectivity index (χ4v) is 2.16. The molecule has 0 aromatic heterocycles. The summed E-state index contributed by atoms with van der Waals surface area (Å²) in [6.45, 7) is 4.38. The lowest BCUT2D eigenvalue weighted by Crippen LogP contribution is -2.46. The van der Waals surface area contributed by atoms with Gasteiger partial charge in [-0.15, -0.1) is 12.4 Å². The Labute approximate surface area is 126 Å². The zero-order valence-corrected chi connectivity index (χ0v) is 13.1. The summed E-state index contributed by atoms with van der Waals surface area (Å²) in [4.78, 5) is 23.7. The number of carbonyl (C=O) groups excluding carboxylic acids is 2. The van der Waals surface area contributed by atoms with Crippen LogP contribution < -0.4 is 11.1 Å². The van der Waals surface area contributed by atoms with E-state index in [1.54, 1.807) is 0 Å². The van der Waals surface area contributed by atoms with Gasteiger partial charge in [0.1, 0.15) is 12.1 Å². The number of rotatable bonds is 6. The highest BCUT2D eigenvalue weighted by Gasteiger charge is 2.32. The third-order valence-corrected chi connectivity index (χ3v) is 3.17. The van der Waals surface area contributed by atoms with Crippen molar-refractivity contribution in [2.24, 2.45) is 11.7 Å². The van der Waals surface area contributed by atoms with Crippen molar-refractivity contribution >= 4 is 24.3 Å². The van der Waals surface area contributed by atoms with Crippen molar-refractivity contribution < 1.29 is 19.1 Å². The summed E-state index contributed by atoms with van der Waals surface area (Å²) in [6.07, 6.45) is 1.40. The molecule has 20 heavy (non-hydrogen) atoms. The van der Waals surface area contributed by atoms with E-state index in [-0.39, 0.29) is 30.3 Å². The minimum Gasteiger partial charge on any atom is -0.467 e. The molecule has 6 nitrogen and oxygen atoms in total. The predicted octanol–water partition coefficient (Wildman–Crippen LogP) is 0.618. The average Bonchev–Trinajstić information content (AvgIpc) is 2.85. The Kier molecular flexibility index (Phi) is 8.76. The van der Waals surface area contributed by atoms with Gasteiger partial charge in [-0.3, -0.25) is 4.79 Å². The van der Waals surface area contributed by atoms with Crippen LogP contribution in [0.25, 0.3) is 0 Å². The average molecular weight is 309 g/mol. The monoisotopic (exact) mass is 308 g/mol. The molecular formula is C13H25ClN2O4. The smallest absolute Gasteiger partial charge is 0.328 e. The van der Waals surface area contributed by atoms with Crippen LogP contribution in [0.2, 0.25) is 0 Å². The number of hydrogen-bond donors (Lipinski definition) is 2. The van der Waals surface area contributed by atoms with E-state index >= 15 is 0 Å². The number of nitrogens with one attached hydrogen (secondary N) is 1. The molecule has 0 saturated carbocycles. The number of nitrogens with two attached hydrogens (primary N) is 1. The highest BCUT2D eigenvalue weighted by molar-refractivity contribution is 5.87. The van der Waals surface area contributed by atoms with Crippen LogP contribution in [0.4, 0.5) is 0 Å². The highest BCUT2D eigenvalue weighted by Crippen LogP contribution is 2.19. The molecule has 1 aliphatic heterocycles. The van der Waals surface area contributed by atoms with Crippen LogP contribution in [0.15, 0.2) is 0 Å². The third-order valence-electron chi connectivity index (χ3n) is 3.17. The maximum absolute atomic E-state index is 12.0. The lowest BCUT2D eigenvalue weighted by Gasteiger charge is -2.20. The van der Waals surface area contributed by atoms with Crippen molar-refractivity contribution in [1.29, 1.82) is 0 Å². The van der Waals surface area contributed by atoms with E-state index in [0.29, 0.717) is 19.4 Å². The maximum Gasteiger partial charge on any atom is 0.328 e. The van der Waals surface area contributed by atoms with Crippen molar-refractivity contribution in [2.75, 3.05) is 13.7 Å². The first-order chi connectivity index (χ1) is 8.97. The fourth-order valence-electron chi connectivity index (χ4n) is 2.16. The molecule has 1 unspecified atom stereocenters. The summed E-state index contributed by atoms with van der Waals surface area (Å²) in [5, 5.41) is 2.71. The zero-order chi connectivity index (χ0) is 14.4. The van der Waals surface area contributed by atoms with Crippen molar-refractivity contribution in [2.45, 2.75) is 51.4 Å². The molecule has 1 heterocycles. The van der Waals surface area contributed by atoms with Gasteiger partial charge in [-0.1, -0.05) is 13.8 Å². The van der Waals surface area contributed by atoms with Crippen LogP contribution >= 0.6 is 12.4 Å². The summed E-state index contributed by atoms with van der Waals surface area (Å²) in [5.74, 6) is -0.395. The SMILES string of the molecule is COC(=O)C(CC(C)C)NC(=O)[C@@H]1CC[C@H](CN)O1.Cl. The Morgan fingerprint density at radius 1 is 1.40 bits per heavy atom. The van der Waals surface area contributed by atoms with Crippen molar-refractivity contribution in [3.05, 3.63) is 0 Å². The minimum atomic E-state index is -0.613. The first-order valence-electron chi connectivity index (χ1n) is 6.71. The minimum absolute atomic E-state index is 0. The topological polar surface area (TPSA) is 90.7 Å². The normalized spacial score (nSPS) is 23.1. The molecule has 3 N–H and O–H groups in total. The highest BCUT2D eigenvalue weighted by atomic mass is 35.5. The molecule has 0 bridgehead atoms. The van der Waals surface area contributed by atoms with E-state index in [4.69, 9.17) is 15.2 Å². The molecule has 1 amide bonds. The van der Waals surface area contributed by atoms with Crippen molar-refractivity contribution in [3.63, 3.8) is 0 Å². The second-order valence-electron chi connectivity index (χ2n) is 5.27. The fraction of sp³-hybridized carbons (Fsp3) is 0.846. The van der Waals surface area contributed by atoms with Crippen LogP contribution in [0.3, 0.4) is 0 Å². The van der Waals surface area contributed by atoms with E-state index in [1.165, 1.54) is 7.11 Å². The van der Waals surface area contributed by atoms with Gasteiger partial charge in [0.2, 0.25) is 5.91 Å². The van der Waals surface area contributed by atoms with Crippen molar-refractivity contribution in [1.82, 2.24) is 5.32 Å². The third kappa shape index (κ3) is 5.64. The largest absolute Gasteiger partial charge is 0.467 e. The zero-order valence-electron chi connectivity index (χ0n) is 12.3. The first kappa shape index (κ1) is 19.1. The standard InChI is InChI=1S/C13H24N2O4.ClH/c1-8(2)6-10(13(17)18-3)15-12(16)11-5-4-9(7-14)19-11;/h8-11H,4-7,14H2,1-3H3,(H,15,16);1H/t9-,10?,11+;/m1./s1. The number of hydrogen-bond acceptors (Lipinski definition) is 5. The molecule has 118 valence electrons. The molecule has 0 radical (unpaired) electrons. The van der Waals surface area contributed by atoms with Gasteiger partial charge in [0.25, 0.3) is 0 Å². The van der Waals surface area contributed by atoms with E-state index in [2.05, 4.69) is 5.32 Å². The number of carbonyl (C=O) groups is 2. The molecular weight excluding hydrogens is 284 g/mol. The Morgan fingerprint density at radius 3 is 2.50 bits per heavy atom. The second-order valence-corrected chi connectivity index (χ2v) is 5.27. The number of amides is 1. The molecule has 1 saturated heterocycles. The number of halogens is 1.